The van der Waals surface area contributed by atoms with Gasteiger partial charge < -0.3 is 0 Å². The molecule has 0 N–H and O–H groups in total. The average Bonchev–Trinajstić information content (AvgIpc) is 2.19. The van der Waals surface area contributed by atoms with Gasteiger partial charge in [-0.2, -0.15) is 0 Å². The SMILES string of the molecule is C=C(CCCCC)C1=CC=C(F)CC1. The zero-order valence-electron chi connectivity index (χ0n) is 8.98. The van der Waals surface area contributed by atoms with Gasteiger partial charge in [-0.05, 0) is 30.9 Å². The number of hydrogen-bond donors (Lipinski definition) is 0. The number of hydrogen-bond acceptors (Lipinski definition) is 0. The summed E-state index contributed by atoms with van der Waals surface area (Å²) in [7, 11) is 0. The molecule has 0 aliphatic heterocycles. The molecule has 0 atom stereocenters. The molecule has 0 aromatic heterocycles. The summed E-state index contributed by atoms with van der Waals surface area (Å²) in [6.07, 6.45) is 9.61. The summed E-state index contributed by atoms with van der Waals surface area (Å²) in [5.41, 5.74) is 2.43. The van der Waals surface area contributed by atoms with Crippen LogP contribution in [0, 0.1) is 0 Å². The second-order valence-electron chi connectivity index (χ2n) is 3.87. The highest BCUT2D eigenvalue weighted by atomic mass is 19.1. The molecule has 0 saturated heterocycles. The quantitative estimate of drug-likeness (QED) is 0.557. The van der Waals surface area contributed by atoms with Crippen LogP contribution in [0.15, 0.2) is 35.7 Å². The lowest BCUT2D eigenvalue weighted by atomic mass is 9.94. The molecule has 0 heterocycles. The van der Waals surface area contributed by atoms with Crippen molar-refractivity contribution in [2.45, 2.75) is 45.4 Å². The van der Waals surface area contributed by atoms with Gasteiger partial charge in [0.25, 0.3) is 0 Å². The highest BCUT2D eigenvalue weighted by molar-refractivity contribution is 5.35. The van der Waals surface area contributed by atoms with E-state index in [-0.39, 0.29) is 5.83 Å². The first-order chi connectivity index (χ1) is 6.74. The Labute approximate surface area is 86.2 Å². The summed E-state index contributed by atoms with van der Waals surface area (Å²) >= 11 is 0. The van der Waals surface area contributed by atoms with Crippen molar-refractivity contribution in [3.8, 4) is 0 Å². The second-order valence-corrected chi connectivity index (χ2v) is 3.87. The summed E-state index contributed by atoms with van der Waals surface area (Å²) in [5.74, 6) is -0.00453. The van der Waals surface area contributed by atoms with Crippen LogP contribution in [-0.2, 0) is 0 Å². The van der Waals surface area contributed by atoms with Gasteiger partial charge in [0.1, 0.15) is 5.83 Å². The van der Waals surface area contributed by atoms with Crippen LogP contribution in [0.1, 0.15) is 45.4 Å². The van der Waals surface area contributed by atoms with Crippen LogP contribution in [0.3, 0.4) is 0 Å². The Bertz CT molecular complexity index is 258. The summed E-state index contributed by atoms with van der Waals surface area (Å²) in [4.78, 5) is 0. The largest absolute Gasteiger partial charge is 0.212 e. The summed E-state index contributed by atoms with van der Waals surface area (Å²) < 4.78 is 12.7. The first-order valence-electron chi connectivity index (χ1n) is 5.47. The molecule has 0 aromatic rings. The van der Waals surface area contributed by atoms with Crippen molar-refractivity contribution in [2.75, 3.05) is 0 Å². The average molecular weight is 194 g/mol. The van der Waals surface area contributed by atoms with Gasteiger partial charge in [-0.3, -0.25) is 0 Å². The lowest BCUT2D eigenvalue weighted by molar-refractivity contribution is 0.581. The molecule has 0 nitrogen and oxygen atoms in total. The van der Waals surface area contributed by atoms with Gasteiger partial charge in [0.05, 0.1) is 0 Å². The van der Waals surface area contributed by atoms with Crippen molar-refractivity contribution < 1.29 is 4.39 Å². The van der Waals surface area contributed by atoms with Gasteiger partial charge in [-0.25, -0.2) is 4.39 Å². The maximum absolute atomic E-state index is 12.7. The predicted molar refractivity (Wildman–Crippen MR) is 59.8 cm³/mol. The monoisotopic (exact) mass is 194 g/mol. The number of allylic oxidation sites excluding steroid dienone is 5. The Kier molecular flexibility index (Phi) is 4.64. The Morgan fingerprint density at radius 2 is 2.14 bits per heavy atom. The molecule has 78 valence electrons. The molecule has 0 radical (unpaired) electrons. The maximum atomic E-state index is 12.7. The van der Waals surface area contributed by atoms with Gasteiger partial charge in [0, 0.05) is 6.42 Å². The van der Waals surface area contributed by atoms with E-state index in [1.165, 1.54) is 30.4 Å². The third-order valence-corrected chi connectivity index (χ3v) is 2.63. The van der Waals surface area contributed by atoms with E-state index in [9.17, 15) is 4.39 Å². The fourth-order valence-corrected chi connectivity index (χ4v) is 1.66. The van der Waals surface area contributed by atoms with E-state index >= 15 is 0 Å². The normalized spacial score (nSPS) is 16.1. The molecule has 1 heteroatoms. The van der Waals surface area contributed by atoms with Crippen LogP contribution in [-0.4, -0.2) is 0 Å². The summed E-state index contributed by atoms with van der Waals surface area (Å²) in [6, 6.07) is 0. The number of rotatable bonds is 5. The van der Waals surface area contributed by atoms with Crippen molar-refractivity contribution in [3.05, 3.63) is 35.7 Å². The molecule has 0 amide bonds. The smallest absolute Gasteiger partial charge is 0.100 e. The van der Waals surface area contributed by atoms with Gasteiger partial charge in [0.2, 0.25) is 0 Å². The van der Waals surface area contributed by atoms with Crippen molar-refractivity contribution in [3.63, 3.8) is 0 Å². The van der Waals surface area contributed by atoms with Gasteiger partial charge >= 0.3 is 0 Å². The minimum atomic E-state index is -0.00453. The lowest BCUT2D eigenvalue weighted by Crippen LogP contribution is -1.94. The lowest BCUT2D eigenvalue weighted by Gasteiger charge is -2.12. The summed E-state index contributed by atoms with van der Waals surface area (Å²) in [6.45, 7) is 6.25. The molecule has 1 aliphatic rings. The first kappa shape index (κ1) is 11.2. The van der Waals surface area contributed by atoms with E-state index in [1.807, 2.05) is 6.08 Å². The van der Waals surface area contributed by atoms with E-state index in [2.05, 4.69) is 13.5 Å². The molecule has 0 bridgehead atoms. The predicted octanol–water partition coefficient (Wildman–Crippen LogP) is 4.70. The molecular weight excluding hydrogens is 175 g/mol. The zero-order valence-corrected chi connectivity index (χ0v) is 8.98. The van der Waals surface area contributed by atoms with Crippen LogP contribution in [0.25, 0.3) is 0 Å². The molecule has 0 saturated carbocycles. The van der Waals surface area contributed by atoms with Gasteiger partial charge in [-0.1, -0.05) is 38.0 Å². The van der Waals surface area contributed by atoms with Gasteiger partial charge in [0.15, 0.2) is 0 Å². The molecule has 0 unspecified atom stereocenters. The number of halogens is 1. The van der Waals surface area contributed by atoms with Crippen molar-refractivity contribution in [2.24, 2.45) is 0 Å². The fraction of sp³-hybridized carbons (Fsp3) is 0.538. The van der Waals surface area contributed by atoms with Crippen LogP contribution < -0.4 is 0 Å². The minimum Gasteiger partial charge on any atom is -0.212 e. The van der Waals surface area contributed by atoms with Crippen LogP contribution in [0.5, 0.6) is 0 Å². The summed E-state index contributed by atoms with van der Waals surface area (Å²) in [5, 5.41) is 0. The van der Waals surface area contributed by atoms with E-state index in [0.717, 1.165) is 12.8 Å². The highest BCUT2D eigenvalue weighted by Gasteiger charge is 2.08. The van der Waals surface area contributed by atoms with E-state index < -0.39 is 0 Å². The van der Waals surface area contributed by atoms with Gasteiger partial charge in [-0.15, -0.1) is 0 Å². The Morgan fingerprint density at radius 3 is 2.71 bits per heavy atom. The molecule has 1 aliphatic carbocycles. The highest BCUT2D eigenvalue weighted by Crippen LogP contribution is 2.26. The second kappa shape index (κ2) is 5.79. The van der Waals surface area contributed by atoms with E-state index in [4.69, 9.17) is 0 Å². The minimum absolute atomic E-state index is 0.00453. The first-order valence-corrected chi connectivity index (χ1v) is 5.47. The van der Waals surface area contributed by atoms with Crippen LogP contribution in [0.2, 0.25) is 0 Å². The van der Waals surface area contributed by atoms with Crippen LogP contribution >= 0.6 is 0 Å². The van der Waals surface area contributed by atoms with Crippen molar-refractivity contribution in [1.82, 2.24) is 0 Å². The molecular formula is C13H19F. The third kappa shape index (κ3) is 3.49. The third-order valence-electron chi connectivity index (χ3n) is 2.63. The Balaban J connectivity index is 2.38. The molecule has 1 rings (SSSR count). The molecule has 0 aromatic carbocycles. The standard InChI is InChI=1S/C13H19F/c1-3-4-5-6-11(2)12-7-9-13(14)10-8-12/h7,9H,2-6,8,10H2,1H3. The van der Waals surface area contributed by atoms with E-state index in [0.29, 0.717) is 6.42 Å². The zero-order chi connectivity index (χ0) is 10.4. The van der Waals surface area contributed by atoms with Crippen molar-refractivity contribution >= 4 is 0 Å². The van der Waals surface area contributed by atoms with Crippen molar-refractivity contribution in [1.29, 1.82) is 0 Å². The maximum Gasteiger partial charge on any atom is 0.100 e. The fourth-order valence-electron chi connectivity index (χ4n) is 1.66. The Morgan fingerprint density at radius 1 is 1.36 bits per heavy atom. The molecule has 14 heavy (non-hydrogen) atoms. The topological polar surface area (TPSA) is 0 Å². The Hall–Kier alpha value is -0.850. The van der Waals surface area contributed by atoms with Crippen LogP contribution in [0.4, 0.5) is 4.39 Å². The number of unbranched alkanes of at least 4 members (excludes halogenated alkanes) is 2. The van der Waals surface area contributed by atoms with E-state index in [1.54, 1.807) is 6.08 Å². The molecule has 0 spiro atoms. The molecule has 0 fully saturated rings.